The van der Waals surface area contributed by atoms with Gasteiger partial charge >= 0.3 is 0 Å². The first-order valence-corrected chi connectivity index (χ1v) is 8.70. The number of hydrogen-bond donors (Lipinski definition) is 0. The molecule has 2 atom stereocenters. The lowest BCUT2D eigenvalue weighted by Gasteiger charge is -2.29. The molecule has 2 aromatic rings. The molecule has 4 heteroatoms. The van der Waals surface area contributed by atoms with Crippen molar-refractivity contribution < 1.29 is 9.53 Å². The van der Waals surface area contributed by atoms with E-state index in [-0.39, 0.29) is 17.9 Å². The lowest BCUT2D eigenvalue weighted by molar-refractivity contribution is -0.131. The maximum atomic E-state index is 12.3. The molecule has 25 heavy (non-hydrogen) atoms. The van der Waals surface area contributed by atoms with Crippen LogP contribution in [0.2, 0.25) is 0 Å². The number of ether oxygens (including phenoxy) is 1. The van der Waals surface area contributed by atoms with E-state index in [2.05, 4.69) is 25.1 Å². The number of carbonyl (C=O) groups excluding carboxylic acids is 1. The molecule has 2 aliphatic rings. The summed E-state index contributed by atoms with van der Waals surface area (Å²) in [6, 6.07) is 14.5. The van der Waals surface area contributed by atoms with Crippen LogP contribution in [0.15, 0.2) is 47.6 Å². The fourth-order valence-corrected chi connectivity index (χ4v) is 4.02. The minimum Gasteiger partial charge on any atom is -0.497 e. The van der Waals surface area contributed by atoms with Gasteiger partial charge in [-0.15, -0.1) is 0 Å². The number of nitrogens with zero attached hydrogens (tertiary/aromatic N) is 2. The molecular weight excluding hydrogens is 312 g/mol. The van der Waals surface area contributed by atoms with E-state index in [9.17, 15) is 4.79 Å². The predicted octanol–water partition coefficient (Wildman–Crippen LogP) is 3.87. The molecule has 1 aliphatic heterocycles. The van der Waals surface area contributed by atoms with Gasteiger partial charge in [0, 0.05) is 18.4 Å². The van der Waals surface area contributed by atoms with Crippen LogP contribution in [0.5, 0.6) is 5.75 Å². The lowest BCUT2D eigenvalue weighted by atomic mass is 9.77. The Morgan fingerprint density at radius 2 is 1.96 bits per heavy atom. The standard InChI is InChI=1S/C21H22N2O2/c1-13-4-5-15-8-11-18-20(19(15)12-13)22-23(14(2)24)21(18)16-6-9-17(25-3)10-7-16/h4-7,9-10,12,18,21H,8,11H2,1-3H3/t18-,21-/m1/s1. The first-order chi connectivity index (χ1) is 12.1. The van der Waals surface area contributed by atoms with Crippen molar-refractivity contribution in [1.82, 2.24) is 5.01 Å². The molecule has 0 fully saturated rings. The molecule has 2 aromatic carbocycles. The molecule has 0 bridgehead atoms. The third kappa shape index (κ3) is 2.62. The van der Waals surface area contributed by atoms with Gasteiger partial charge in [0.05, 0.1) is 18.9 Å². The zero-order chi connectivity index (χ0) is 17.6. The molecular formula is C21H22N2O2. The highest BCUT2D eigenvalue weighted by atomic mass is 16.5. The average Bonchev–Trinajstić information content (AvgIpc) is 3.02. The Morgan fingerprint density at radius 1 is 1.20 bits per heavy atom. The summed E-state index contributed by atoms with van der Waals surface area (Å²) in [5.74, 6) is 1.05. The van der Waals surface area contributed by atoms with Crippen molar-refractivity contribution in [3.8, 4) is 5.75 Å². The van der Waals surface area contributed by atoms with Crippen LogP contribution in [0.25, 0.3) is 0 Å². The molecule has 0 saturated carbocycles. The molecule has 4 nitrogen and oxygen atoms in total. The molecule has 0 unspecified atom stereocenters. The van der Waals surface area contributed by atoms with Gasteiger partial charge in [-0.2, -0.15) is 5.10 Å². The van der Waals surface area contributed by atoms with Gasteiger partial charge < -0.3 is 4.74 Å². The monoisotopic (exact) mass is 334 g/mol. The van der Waals surface area contributed by atoms with E-state index in [1.807, 2.05) is 24.3 Å². The van der Waals surface area contributed by atoms with Crippen molar-refractivity contribution in [3.05, 3.63) is 64.7 Å². The normalized spacial score (nSPS) is 21.4. The van der Waals surface area contributed by atoms with Gasteiger partial charge in [-0.3, -0.25) is 4.79 Å². The van der Waals surface area contributed by atoms with E-state index < -0.39 is 0 Å². The minimum absolute atomic E-state index is 0.0167. The van der Waals surface area contributed by atoms with Gasteiger partial charge in [0.25, 0.3) is 0 Å². The summed E-state index contributed by atoms with van der Waals surface area (Å²) in [5.41, 5.74) is 5.93. The zero-order valence-corrected chi connectivity index (χ0v) is 14.8. The number of hydrazone groups is 1. The maximum absolute atomic E-state index is 12.3. The summed E-state index contributed by atoms with van der Waals surface area (Å²) in [6.07, 6.45) is 2.03. The van der Waals surface area contributed by atoms with E-state index >= 15 is 0 Å². The summed E-state index contributed by atoms with van der Waals surface area (Å²) in [4.78, 5) is 12.3. The Hall–Kier alpha value is -2.62. The Kier molecular flexibility index (Phi) is 3.83. The topological polar surface area (TPSA) is 41.9 Å². The number of rotatable bonds is 2. The highest BCUT2D eigenvalue weighted by Crippen LogP contribution is 2.43. The molecule has 0 N–H and O–H groups in total. The van der Waals surface area contributed by atoms with Crippen molar-refractivity contribution in [3.63, 3.8) is 0 Å². The van der Waals surface area contributed by atoms with Crippen LogP contribution in [0.3, 0.4) is 0 Å². The maximum Gasteiger partial charge on any atom is 0.240 e. The molecule has 1 aliphatic carbocycles. The fraction of sp³-hybridized carbons (Fsp3) is 0.333. The van der Waals surface area contributed by atoms with Crippen molar-refractivity contribution in [2.75, 3.05) is 7.11 Å². The predicted molar refractivity (Wildman–Crippen MR) is 97.8 cm³/mol. The molecule has 0 spiro atoms. The SMILES string of the molecule is COc1ccc([C@@H]2[C@@H]3CCc4ccc(C)cc4C3=NN2C(C)=O)cc1. The first-order valence-electron chi connectivity index (χ1n) is 8.70. The Bertz CT molecular complexity index is 855. The van der Waals surface area contributed by atoms with Gasteiger partial charge in [0.15, 0.2) is 0 Å². The third-order valence-corrected chi connectivity index (χ3v) is 5.26. The van der Waals surface area contributed by atoms with Crippen molar-refractivity contribution in [2.24, 2.45) is 11.0 Å². The zero-order valence-electron chi connectivity index (χ0n) is 14.8. The van der Waals surface area contributed by atoms with Crippen LogP contribution in [0, 0.1) is 12.8 Å². The number of carbonyl (C=O) groups is 1. The Labute approximate surface area is 148 Å². The fourth-order valence-electron chi connectivity index (χ4n) is 4.02. The summed E-state index contributed by atoms with van der Waals surface area (Å²) >= 11 is 0. The minimum atomic E-state index is -0.0351. The van der Waals surface area contributed by atoms with Gasteiger partial charge in [0.2, 0.25) is 5.91 Å². The summed E-state index contributed by atoms with van der Waals surface area (Å²) in [6.45, 7) is 3.69. The molecule has 1 amide bonds. The highest BCUT2D eigenvalue weighted by Gasteiger charge is 2.42. The van der Waals surface area contributed by atoms with E-state index in [0.29, 0.717) is 0 Å². The number of aryl methyl sites for hydroxylation is 2. The molecule has 128 valence electrons. The van der Waals surface area contributed by atoms with E-state index in [1.54, 1.807) is 19.0 Å². The summed E-state index contributed by atoms with van der Waals surface area (Å²) < 4.78 is 5.26. The molecule has 0 saturated heterocycles. The number of benzene rings is 2. The van der Waals surface area contributed by atoms with Crippen LogP contribution in [-0.4, -0.2) is 23.7 Å². The summed E-state index contributed by atoms with van der Waals surface area (Å²) in [7, 11) is 1.66. The smallest absolute Gasteiger partial charge is 0.240 e. The second-order valence-corrected chi connectivity index (χ2v) is 6.87. The number of hydrogen-bond acceptors (Lipinski definition) is 3. The van der Waals surface area contributed by atoms with E-state index in [4.69, 9.17) is 9.84 Å². The lowest BCUT2D eigenvalue weighted by Crippen LogP contribution is -2.31. The van der Waals surface area contributed by atoms with Gasteiger partial charge in [-0.05, 0) is 49.1 Å². The van der Waals surface area contributed by atoms with E-state index in [0.717, 1.165) is 29.9 Å². The van der Waals surface area contributed by atoms with Gasteiger partial charge in [-0.25, -0.2) is 5.01 Å². The number of amides is 1. The van der Waals surface area contributed by atoms with Gasteiger partial charge in [0.1, 0.15) is 5.75 Å². The highest BCUT2D eigenvalue weighted by molar-refractivity contribution is 6.06. The van der Waals surface area contributed by atoms with Crippen molar-refractivity contribution >= 4 is 11.6 Å². The Balaban J connectivity index is 1.78. The van der Waals surface area contributed by atoms with Crippen molar-refractivity contribution in [1.29, 1.82) is 0 Å². The molecule has 0 aromatic heterocycles. The first kappa shape index (κ1) is 15.9. The molecule has 4 rings (SSSR count). The Morgan fingerprint density at radius 3 is 2.64 bits per heavy atom. The van der Waals surface area contributed by atoms with Crippen LogP contribution in [0.4, 0.5) is 0 Å². The quantitative estimate of drug-likeness (QED) is 0.836. The van der Waals surface area contributed by atoms with Crippen LogP contribution in [-0.2, 0) is 11.2 Å². The largest absolute Gasteiger partial charge is 0.497 e. The average molecular weight is 334 g/mol. The number of fused-ring (bicyclic) bond motifs is 3. The second-order valence-electron chi connectivity index (χ2n) is 6.87. The summed E-state index contributed by atoms with van der Waals surface area (Å²) in [5, 5.41) is 6.43. The number of methoxy groups -OCH3 is 1. The van der Waals surface area contributed by atoms with Crippen molar-refractivity contribution in [2.45, 2.75) is 32.7 Å². The third-order valence-electron chi connectivity index (χ3n) is 5.26. The van der Waals surface area contributed by atoms with Crippen LogP contribution in [0.1, 0.15) is 41.6 Å². The van der Waals surface area contributed by atoms with Crippen LogP contribution < -0.4 is 4.74 Å². The second kappa shape index (κ2) is 6.03. The van der Waals surface area contributed by atoms with Gasteiger partial charge in [-0.1, -0.05) is 29.8 Å². The molecule has 1 heterocycles. The van der Waals surface area contributed by atoms with Crippen LogP contribution >= 0.6 is 0 Å². The molecule has 0 radical (unpaired) electrons. The van der Waals surface area contributed by atoms with E-state index in [1.165, 1.54) is 16.7 Å².